The molecule has 1 amide bonds. The van der Waals surface area contributed by atoms with Crippen molar-refractivity contribution < 1.29 is 19.0 Å². The van der Waals surface area contributed by atoms with Gasteiger partial charge in [-0.1, -0.05) is 6.92 Å². The van der Waals surface area contributed by atoms with Crippen LogP contribution in [0.5, 0.6) is 11.5 Å². The molecule has 1 saturated heterocycles. The number of aryl methyl sites for hydroxylation is 1. The van der Waals surface area contributed by atoms with Crippen molar-refractivity contribution in [3.05, 3.63) is 34.4 Å². The third-order valence-corrected chi connectivity index (χ3v) is 4.52. The largest absolute Gasteiger partial charge is 0.493 e. The van der Waals surface area contributed by atoms with E-state index in [-0.39, 0.29) is 12.5 Å². The zero-order valence-electron chi connectivity index (χ0n) is 15.9. The Morgan fingerprint density at radius 2 is 2.18 bits per heavy atom. The SMILES string of the molecule is CCc1n[nH]c(=S)n1N=Cc1ccc(OCC(=O)N2CCOCC2)c(OC)c1. The first-order valence-corrected chi connectivity index (χ1v) is 9.40. The molecule has 1 aromatic heterocycles. The summed E-state index contributed by atoms with van der Waals surface area (Å²) in [4.78, 5) is 14.0. The molecule has 10 heteroatoms. The van der Waals surface area contributed by atoms with Crippen molar-refractivity contribution in [2.45, 2.75) is 13.3 Å². The van der Waals surface area contributed by atoms with Crippen LogP contribution >= 0.6 is 12.2 Å². The zero-order chi connectivity index (χ0) is 19.9. The summed E-state index contributed by atoms with van der Waals surface area (Å²) in [6.45, 7) is 4.22. The fourth-order valence-corrected chi connectivity index (χ4v) is 2.92. The molecule has 1 fully saturated rings. The first-order valence-electron chi connectivity index (χ1n) is 8.99. The van der Waals surface area contributed by atoms with Crippen molar-refractivity contribution in [1.29, 1.82) is 0 Å². The van der Waals surface area contributed by atoms with Crippen molar-refractivity contribution in [2.75, 3.05) is 40.0 Å². The Morgan fingerprint density at radius 1 is 1.39 bits per heavy atom. The molecular formula is C18H23N5O4S. The van der Waals surface area contributed by atoms with E-state index in [4.69, 9.17) is 26.4 Å². The standard InChI is InChI=1S/C18H23N5O4S/c1-3-16-20-21-18(28)23(16)19-11-13-4-5-14(15(10-13)25-2)27-12-17(24)22-6-8-26-9-7-22/h4-5,10-11H,3,6-9,12H2,1-2H3,(H,21,28). The smallest absolute Gasteiger partial charge is 0.260 e. The topological polar surface area (TPSA) is 94.0 Å². The number of carbonyl (C=O) groups is 1. The number of methoxy groups -OCH3 is 1. The summed E-state index contributed by atoms with van der Waals surface area (Å²) in [6, 6.07) is 5.37. The van der Waals surface area contributed by atoms with Crippen molar-refractivity contribution in [1.82, 2.24) is 19.8 Å². The zero-order valence-corrected chi connectivity index (χ0v) is 16.7. The number of amides is 1. The van der Waals surface area contributed by atoms with Crippen LogP contribution in [0.1, 0.15) is 18.3 Å². The van der Waals surface area contributed by atoms with Crippen molar-refractivity contribution in [2.24, 2.45) is 5.10 Å². The quantitative estimate of drug-likeness (QED) is 0.556. The fraction of sp³-hybridized carbons (Fsp3) is 0.444. The first-order chi connectivity index (χ1) is 13.6. The Kier molecular flexibility index (Phi) is 6.77. The highest BCUT2D eigenvalue weighted by molar-refractivity contribution is 7.71. The van der Waals surface area contributed by atoms with Crippen LogP contribution in [0.25, 0.3) is 0 Å². The van der Waals surface area contributed by atoms with Gasteiger partial charge in [-0.3, -0.25) is 9.89 Å². The number of H-pyrrole nitrogens is 1. The number of morpholine rings is 1. The van der Waals surface area contributed by atoms with Crippen LogP contribution in [0.2, 0.25) is 0 Å². The Morgan fingerprint density at radius 3 is 2.89 bits per heavy atom. The summed E-state index contributed by atoms with van der Waals surface area (Å²) in [6.07, 6.45) is 2.37. The number of ether oxygens (including phenoxy) is 3. The van der Waals surface area contributed by atoms with Gasteiger partial charge in [-0.25, -0.2) is 0 Å². The van der Waals surface area contributed by atoms with Gasteiger partial charge in [0.1, 0.15) is 0 Å². The van der Waals surface area contributed by atoms with Gasteiger partial charge in [-0.05, 0) is 36.0 Å². The highest BCUT2D eigenvalue weighted by Gasteiger charge is 2.18. The molecule has 1 aliphatic heterocycles. The summed E-state index contributed by atoms with van der Waals surface area (Å²) in [5.41, 5.74) is 0.800. The molecular weight excluding hydrogens is 382 g/mol. The number of benzene rings is 1. The molecule has 2 aromatic rings. The molecule has 9 nitrogen and oxygen atoms in total. The molecule has 2 heterocycles. The Labute approximate surface area is 167 Å². The average molecular weight is 405 g/mol. The second-order valence-electron chi connectivity index (χ2n) is 6.05. The molecule has 0 spiro atoms. The second-order valence-corrected chi connectivity index (χ2v) is 6.43. The number of nitrogens with one attached hydrogen (secondary N) is 1. The van der Waals surface area contributed by atoms with Gasteiger partial charge < -0.3 is 19.1 Å². The highest BCUT2D eigenvalue weighted by Crippen LogP contribution is 2.27. The Bertz CT molecular complexity index is 902. The predicted molar refractivity (Wildman–Crippen MR) is 106 cm³/mol. The average Bonchev–Trinajstić information content (AvgIpc) is 3.10. The lowest BCUT2D eigenvalue weighted by Gasteiger charge is -2.26. The van der Waals surface area contributed by atoms with Crippen molar-refractivity contribution in [3.8, 4) is 11.5 Å². The normalized spacial score (nSPS) is 14.4. The molecule has 0 saturated carbocycles. The predicted octanol–water partition coefficient (Wildman–Crippen LogP) is 1.63. The van der Waals surface area contributed by atoms with E-state index in [0.717, 1.165) is 11.4 Å². The molecule has 0 radical (unpaired) electrons. The number of hydrogen-bond acceptors (Lipinski definition) is 7. The Balaban J connectivity index is 1.68. The van der Waals surface area contributed by atoms with Gasteiger partial charge in [-0.15, -0.1) is 0 Å². The lowest BCUT2D eigenvalue weighted by molar-refractivity contribution is -0.137. The van der Waals surface area contributed by atoms with Crippen LogP contribution in [0.3, 0.4) is 0 Å². The lowest BCUT2D eigenvalue weighted by Crippen LogP contribution is -2.43. The minimum atomic E-state index is -0.0718. The van der Waals surface area contributed by atoms with Crippen molar-refractivity contribution >= 4 is 24.3 Å². The van der Waals surface area contributed by atoms with Gasteiger partial charge in [0, 0.05) is 19.5 Å². The monoisotopic (exact) mass is 405 g/mol. The lowest BCUT2D eigenvalue weighted by atomic mass is 10.2. The number of hydrogen-bond donors (Lipinski definition) is 1. The van der Waals surface area contributed by atoms with Crippen LogP contribution in [0, 0.1) is 4.77 Å². The first kappa shape index (κ1) is 20.0. The van der Waals surface area contributed by atoms with Crippen LogP contribution in [-0.4, -0.2) is 71.9 Å². The summed E-state index contributed by atoms with van der Waals surface area (Å²) in [5.74, 6) is 1.69. The fourth-order valence-electron chi connectivity index (χ4n) is 2.72. The van der Waals surface area contributed by atoms with E-state index in [9.17, 15) is 4.79 Å². The molecule has 150 valence electrons. The van der Waals surface area contributed by atoms with E-state index in [2.05, 4.69) is 15.3 Å². The maximum atomic E-state index is 12.2. The molecule has 1 aliphatic rings. The van der Waals surface area contributed by atoms with Crippen LogP contribution < -0.4 is 9.47 Å². The van der Waals surface area contributed by atoms with Crippen LogP contribution in [0.4, 0.5) is 0 Å². The van der Waals surface area contributed by atoms with Gasteiger partial charge in [0.15, 0.2) is 23.9 Å². The maximum absolute atomic E-state index is 12.2. The van der Waals surface area contributed by atoms with Gasteiger partial charge in [0.25, 0.3) is 5.91 Å². The highest BCUT2D eigenvalue weighted by atomic mass is 32.1. The van der Waals surface area contributed by atoms with E-state index in [1.54, 1.807) is 35.0 Å². The number of nitrogens with zero attached hydrogens (tertiary/aromatic N) is 4. The van der Waals surface area contributed by atoms with Crippen molar-refractivity contribution in [3.63, 3.8) is 0 Å². The van der Waals surface area contributed by atoms with E-state index in [1.165, 1.54) is 0 Å². The van der Waals surface area contributed by atoms with Gasteiger partial charge >= 0.3 is 0 Å². The van der Waals surface area contributed by atoms with E-state index in [1.807, 2.05) is 13.0 Å². The van der Waals surface area contributed by atoms with Gasteiger partial charge in [0.2, 0.25) is 4.77 Å². The van der Waals surface area contributed by atoms with Crippen LogP contribution in [-0.2, 0) is 16.0 Å². The summed E-state index contributed by atoms with van der Waals surface area (Å²) in [7, 11) is 1.55. The molecule has 1 aromatic carbocycles. The number of rotatable bonds is 7. The van der Waals surface area contributed by atoms with E-state index in [0.29, 0.717) is 49.0 Å². The molecule has 3 rings (SSSR count). The second kappa shape index (κ2) is 9.47. The molecule has 1 N–H and O–H groups in total. The summed E-state index contributed by atoms with van der Waals surface area (Å²) in [5, 5.41) is 11.2. The Hall–Kier alpha value is -2.72. The van der Waals surface area contributed by atoms with Gasteiger partial charge in [-0.2, -0.15) is 14.9 Å². The number of aromatic nitrogens is 3. The number of aromatic amines is 1. The maximum Gasteiger partial charge on any atom is 0.260 e. The minimum absolute atomic E-state index is 0.0478. The molecule has 28 heavy (non-hydrogen) atoms. The third kappa shape index (κ3) is 4.76. The molecule has 0 aliphatic carbocycles. The third-order valence-electron chi connectivity index (χ3n) is 4.26. The van der Waals surface area contributed by atoms with Gasteiger partial charge in [0.05, 0.1) is 26.5 Å². The van der Waals surface area contributed by atoms with E-state index < -0.39 is 0 Å². The molecule has 0 atom stereocenters. The summed E-state index contributed by atoms with van der Waals surface area (Å²) >= 11 is 5.18. The molecule has 0 unspecified atom stereocenters. The van der Waals surface area contributed by atoms with Crippen LogP contribution in [0.15, 0.2) is 23.3 Å². The number of carbonyl (C=O) groups excluding carboxylic acids is 1. The summed E-state index contributed by atoms with van der Waals surface area (Å²) < 4.78 is 18.3. The molecule has 0 bridgehead atoms. The minimum Gasteiger partial charge on any atom is -0.493 e. The van der Waals surface area contributed by atoms with E-state index >= 15 is 0 Å².